The predicted molar refractivity (Wildman–Crippen MR) is 114 cm³/mol. The van der Waals surface area contributed by atoms with Gasteiger partial charge in [-0.15, -0.1) is 0 Å². The van der Waals surface area contributed by atoms with Gasteiger partial charge in [-0.3, -0.25) is 4.79 Å². The summed E-state index contributed by atoms with van der Waals surface area (Å²) in [5.74, 6) is -0.963. The fourth-order valence-electron chi connectivity index (χ4n) is 2.76. The highest BCUT2D eigenvalue weighted by Gasteiger charge is 2.22. The molecule has 0 aromatic carbocycles. The monoisotopic (exact) mass is 406 g/mol. The number of hydrogen-bond acceptors (Lipinski definition) is 6. The first-order chi connectivity index (χ1) is 13.3. The number of carbonyl (C=O) groups is 1. The van der Waals surface area contributed by atoms with Gasteiger partial charge >= 0.3 is 5.97 Å². The van der Waals surface area contributed by atoms with Gasteiger partial charge in [-0.2, -0.15) is 0 Å². The zero-order chi connectivity index (χ0) is 21.8. The summed E-state index contributed by atoms with van der Waals surface area (Å²) in [6, 6.07) is -1.47. The van der Waals surface area contributed by atoms with E-state index in [1.54, 1.807) is 0 Å². The molecular weight excluding hydrogens is 360 g/mol. The second kappa shape index (κ2) is 21.0. The molecule has 0 aliphatic rings. The van der Waals surface area contributed by atoms with E-state index in [0.717, 1.165) is 12.8 Å². The largest absolute Gasteiger partial charge is 0.480 e. The third-order valence-corrected chi connectivity index (χ3v) is 4.79. The van der Waals surface area contributed by atoms with Crippen LogP contribution in [0, 0.1) is 0 Å². The Labute approximate surface area is 171 Å². The molecule has 7 nitrogen and oxygen atoms in total. The Bertz CT molecular complexity index is 343. The van der Waals surface area contributed by atoms with Gasteiger partial charge in [0.15, 0.2) is 0 Å². The summed E-state index contributed by atoms with van der Waals surface area (Å²) in [4.78, 5) is 9.57. The molecule has 0 bridgehead atoms. The van der Waals surface area contributed by atoms with Crippen molar-refractivity contribution in [3.8, 4) is 0 Å². The molecule has 7 heteroatoms. The van der Waals surface area contributed by atoms with Crippen LogP contribution in [-0.4, -0.2) is 57.3 Å². The minimum atomic E-state index is -1.02. The van der Waals surface area contributed by atoms with Crippen LogP contribution in [0.5, 0.6) is 0 Å². The molecule has 0 amide bonds. The molecule has 8 N–H and O–H groups in total. The van der Waals surface area contributed by atoms with Crippen molar-refractivity contribution in [1.82, 2.24) is 0 Å². The summed E-state index contributed by atoms with van der Waals surface area (Å²) >= 11 is 0. The molecular formula is C21H46N2O5. The molecule has 0 fully saturated rings. The quantitative estimate of drug-likeness (QED) is 0.203. The molecule has 0 aromatic rings. The van der Waals surface area contributed by atoms with Gasteiger partial charge in [0.1, 0.15) is 6.04 Å². The van der Waals surface area contributed by atoms with Gasteiger partial charge in [0.2, 0.25) is 0 Å². The Morgan fingerprint density at radius 3 is 1.50 bits per heavy atom. The van der Waals surface area contributed by atoms with Gasteiger partial charge in [-0.25, -0.2) is 0 Å². The maximum absolute atomic E-state index is 9.74. The number of hydrogen-bond donors (Lipinski definition) is 6. The summed E-state index contributed by atoms with van der Waals surface area (Å²) in [6.07, 6.45) is 14.1. The lowest BCUT2D eigenvalue weighted by atomic mass is 10.00. The summed E-state index contributed by atoms with van der Waals surface area (Å²) in [7, 11) is 0. The van der Waals surface area contributed by atoms with E-state index in [2.05, 4.69) is 6.92 Å². The number of unbranched alkanes of at least 4 members (excludes halogenated alkanes) is 11. The summed E-state index contributed by atoms with van der Waals surface area (Å²) < 4.78 is 0. The number of carboxylic acid groups (broad SMARTS) is 1. The van der Waals surface area contributed by atoms with E-state index in [1.807, 2.05) is 0 Å². The SMILES string of the molecule is CC(N)C(=O)O.CCCCCCCCCCCCCCC(O)C(O)C(N)CO. The van der Waals surface area contributed by atoms with E-state index in [9.17, 15) is 15.0 Å². The van der Waals surface area contributed by atoms with Crippen molar-refractivity contribution in [1.29, 1.82) is 0 Å². The highest BCUT2D eigenvalue weighted by atomic mass is 16.4. The first-order valence-electron chi connectivity index (χ1n) is 11.0. The Kier molecular flexibility index (Phi) is 22.1. The third-order valence-electron chi connectivity index (χ3n) is 4.79. The van der Waals surface area contributed by atoms with Gasteiger partial charge < -0.3 is 31.9 Å². The molecule has 0 aromatic heterocycles. The molecule has 0 saturated carbocycles. The zero-order valence-electron chi connectivity index (χ0n) is 18.1. The van der Waals surface area contributed by atoms with Gasteiger partial charge in [-0.1, -0.05) is 84.0 Å². The highest BCUT2D eigenvalue weighted by Crippen LogP contribution is 2.14. The first-order valence-corrected chi connectivity index (χ1v) is 11.0. The standard InChI is InChI=1S/C18H39NO3.C3H7NO2/c1-2-3-4-5-6-7-8-9-10-11-12-13-14-17(21)18(22)16(19)15-20;1-2(4)3(5)6/h16-18,20-22H,2-15,19H2,1H3;2H,4H2,1H3,(H,5,6). The molecule has 0 aliphatic carbocycles. The topological polar surface area (TPSA) is 150 Å². The van der Waals surface area contributed by atoms with Crippen molar-refractivity contribution in [3.05, 3.63) is 0 Å². The van der Waals surface area contributed by atoms with Crippen molar-refractivity contribution in [2.75, 3.05) is 6.61 Å². The van der Waals surface area contributed by atoms with Crippen LogP contribution in [0.3, 0.4) is 0 Å². The Morgan fingerprint density at radius 1 is 0.821 bits per heavy atom. The Morgan fingerprint density at radius 2 is 1.18 bits per heavy atom. The molecule has 0 saturated heterocycles. The molecule has 170 valence electrons. The lowest BCUT2D eigenvalue weighted by molar-refractivity contribution is -0.138. The smallest absolute Gasteiger partial charge is 0.320 e. The lowest BCUT2D eigenvalue weighted by Gasteiger charge is -2.22. The predicted octanol–water partition coefficient (Wildman–Crippen LogP) is 2.54. The van der Waals surface area contributed by atoms with Crippen molar-refractivity contribution in [2.24, 2.45) is 11.5 Å². The van der Waals surface area contributed by atoms with E-state index in [0.29, 0.717) is 6.42 Å². The number of carboxylic acids is 1. The number of nitrogens with two attached hydrogens (primary N) is 2. The zero-order valence-corrected chi connectivity index (χ0v) is 18.1. The van der Waals surface area contributed by atoms with E-state index >= 15 is 0 Å². The minimum absolute atomic E-state index is 0.295. The van der Waals surface area contributed by atoms with Crippen LogP contribution < -0.4 is 11.5 Å². The maximum Gasteiger partial charge on any atom is 0.320 e. The Balaban J connectivity index is 0. The van der Waals surface area contributed by atoms with Gasteiger partial charge in [0, 0.05) is 0 Å². The van der Waals surface area contributed by atoms with Crippen LogP contribution in [0.15, 0.2) is 0 Å². The molecule has 28 heavy (non-hydrogen) atoms. The molecule has 4 atom stereocenters. The second-order valence-corrected chi connectivity index (χ2v) is 7.71. The van der Waals surface area contributed by atoms with Crippen LogP contribution in [0.1, 0.15) is 97.3 Å². The van der Waals surface area contributed by atoms with Crippen LogP contribution in [0.2, 0.25) is 0 Å². The number of rotatable bonds is 17. The third kappa shape index (κ3) is 20.0. The number of aliphatic carboxylic acids is 1. The maximum atomic E-state index is 9.74. The average Bonchev–Trinajstić information content (AvgIpc) is 2.67. The van der Waals surface area contributed by atoms with Crippen LogP contribution in [0.25, 0.3) is 0 Å². The normalized spacial score (nSPS) is 15.2. The highest BCUT2D eigenvalue weighted by molar-refractivity contribution is 5.72. The van der Waals surface area contributed by atoms with Crippen LogP contribution in [-0.2, 0) is 4.79 Å². The molecule has 0 heterocycles. The van der Waals surface area contributed by atoms with Crippen molar-refractivity contribution in [2.45, 2.75) is 122 Å². The fourth-order valence-corrected chi connectivity index (χ4v) is 2.76. The van der Waals surface area contributed by atoms with Gasteiger partial charge in [-0.05, 0) is 13.3 Å². The van der Waals surface area contributed by atoms with Gasteiger partial charge in [0.25, 0.3) is 0 Å². The van der Waals surface area contributed by atoms with Crippen LogP contribution in [0.4, 0.5) is 0 Å². The van der Waals surface area contributed by atoms with Crippen molar-refractivity contribution >= 4 is 5.97 Å². The number of aliphatic hydroxyl groups excluding tert-OH is 3. The minimum Gasteiger partial charge on any atom is -0.480 e. The van der Waals surface area contributed by atoms with E-state index in [-0.39, 0.29) is 6.61 Å². The Hall–Kier alpha value is -0.730. The van der Waals surface area contributed by atoms with Gasteiger partial charge in [0.05, 0.1) is 24.9 Å². The van der Waals surface area contributed by atoms with Crippen molar-refractivity contribution < 1.29 is 25.2 Å². The average molecular weight is 407 g/mol. The summed E-state index contributed by atoms with van der Waals surface area (Å²) in [5.41, 5.74) is 10.3. The fraction of sp³-hybridized carbons (Fsp3) is 0.952. The molecule has 0 aliphatic heterocycles. The van der Waals surface area contributed by atoms with E-state index in [1.165, 1.54) is 71.1 Å². The molecule has 4 unspecified atom stereocenters. The molecule has 0 spiro atoms. The van der Waals surface area contributed by atoms with E-state index in [4.69, 9.17) is 21.7 Å². The summed E-state index contributed by atoms with van der Waals surface area (Å²) in [5, 5.41) is 36.1. The molecule has 0 rings (SSSR count). The first kappa shape index (κ1) is 29.5. The second-order valence-electron chi connectivity index (χ2n) is 7.71. The van der Waals surface area contributed by atoms with Crippen LogP contribution >= 0.6 is 0 Å². The lowest BCUT2D eigenvalue weighted by Crippen LogP contribution is -2.45. The van der Waals surface area contributed by atoms with Crippen molar-refractivity contribution in [3.63, 3.8) is 0 Å². The van der Waals surface area contributed by atoms with E-state index < -0.39 is 30.3 Å². The molecule has 0 radical (unpaired) electrons. The number of aliphatic hydroxyl groups is 3. The summed E-state index contributed by atoms with van der Waals surface area (Å²) in [6.45, 7) is 3.37.